The summed E-state index contributed by atoms with van der Waals surface area (Å²) in [5.74, 6) is -2.28. The Labute approximate surface area is 110 Å². The molecule has 5 nitrogen and oxygen atoms in total. The minimum absolute atomic E-state index is 0.0455. The van der Waals surface area contributed by atoms with Crippen molar-refractivity contribution in [3.05, 3.63) is 40.5 Å². The van der Waals surface area contributed by atoms with E-state index in [9.17, 15) is 14.7 Å². The van der Waals surface area contributed by atoms with Crippen LogP contribution in [0.3, 0.4) is 0 Å². The molecule has 0 amide bonds. The number of carbonyl (C=O) groups is 2. The third kappa shape index (κ3) is 3.70. The van der Waals surface area contributed by atoms with Crippen LogP contribution in [-0.2, 0) is 9.59 Å². The van der Waals surface area contributed by atoms with Crippen molar-refractivity contribution >= 4 is 24.1 Å². The van der Waals surface area contributed by atoms with E-state index in [1.807, 2.05) is 0 Å². The molecule has 0 saturated carbocycles. The van der Waals surface area contributed by atoms with E-state index < -0.39 is 11.9 Å². The molecule has 0 heterocycles. The molecule has 19 heavy (non-hydrogen) atoms. The van der Waals surface area contributed by atoms with Crippen LogP contribution in [0.25, 0.3) is 12.2 Å². The summed E-state index contributed by atoms with van der Waals surface area (Å²) in [4.78, 5) is 21.6. The number of hydrogen-bond acceptors (Lipinski definition) is 3. The number of benzene rings is 1. The largest absolute Gasteiger partial charge is 0.507 e. The number of hydrogen-bond donors (Lipinski definition) is 3. The standard InChI is InChI=1S/C14H14O5/c1-8(13(16)17)6-10-4-3-5-12(15)11(10)7-9(2)14(18)19/h3-7,15H,1-2H3,(H,16,17)(H,18,19)/b8-6+,9-7+. The zero-order valence-corrected chi connectivity index (χ0v) is 10.5. The fourth-order valence-corrected chi connectivity index (χ4v) is 1.43. The Morgan fingerprint density at radius 1 is 1.00 bits per heavy atom. The zero-order valence-electron chi connectivity index (χ0n) is 10.5. The van der Waals surface area contributed by atoms with Gasteiger partial charge in [-0.1, -0.05) is 12.1 Å². The van der Waals surface area contributed by atoms with Gasteiger partial charge in [-0.05, 0) is 37.6 Å². The Morgan fingerprint density at radius 3 is 2.05 bits per heavy atom. The number of carboxylic acids is 2. The van der Waals surface area contributed by atoms with E-state index in [1.54, 1.807) is 12.1 Å². The molecule has 0 spiro atoms. The first kappa shape index (κ1) is 14.5. The maximum atomic E-state index is 10.8. The van der Waals surface area contributed by atoms with Gasteiger partial charge in [0.2, 0.25) is 0 Å². The van der Waals surface area contributed by atoms with Crippen LogP contribution in [0.5, 0.6) is 5.75 Å². The summed E-state index contributed by atoms with van der Waals surface area (Å²) in [5.41, 5.74) is 0.862. The maximum Gasteiger partial charge on any atom is 0.331 e. The van der Waals surface area contributed by atoms with E-state index in [-0.39, 0.29) is 22.5 Å². The van der Waals surface area contributed by atoms with E-state index in [2.05, 4.69) is 0 Å². The molecule has 1 rings (SSSR count). The van der Waals surface area contributed by atoms with Crippen LogP contribution >= 0.6 is 0 Å². The molecular formula is C14H14O5. The van der Waals surface area contributed by atoms with E-state index in [0.29, 0.717) is 5.56 Å². The molecule has 0 radical (unpaired) electrons. The first-order valence-corrected chi connectivity index (χ1v) is 5.48. The van der Waals surface area contributed by atoms with Crippen molar-refractivity contribution in [3.8, 4) is 5.75 Å². The molecule has 1 aromatic rings. The minimum atomic E-state index is -1.10. The monoisotopic (exact) mass is 262 g/mol. The van der Waals surface area contributed by atoms with Gasteiger partial charge in [0, 0.05) is 16.7 Å². The lowest BCUT2D eigenvalue weighted by Gasteiger charge is -2.06. The second kappa shape index (κ2) is 5.86. The van der Waals surface area contributed by atoms with Crippen molar-refractivity contribution in [1.82, 2.24) is 0 Å². The predicted molar refractivity (Wildman–Crippen MR) is 70.7 cm³/mol. The van der Waals surface area contributed by atoms with Crippen LogP contribution < -0.4 is 0 Å². The van der Waals surface area contributed by atoms with Gasteiger partial charge < -0.3 is 15.3 Å². The number of phenols is 1. The van der Waals surface area contributed by atoms with Gasteiger partial charge in [-0.15, -0.1) is 0 Å². The highest BCUT2D eigenvalue weighted by atomic mass is 16.4. The van der Waals surface area contributed by atoms with Crippen LogP contribution in [-0.4, -0.2) is 27.3 Å². The number of aliphatic carboxylic acids is 2. The lowest BCUT2D eigenvalue weighted by atomic mass is 10.0. The van der Waals surface area contributed by atoms with Crippen molar-refractivity contribution < 1.29 is 24.9 Å². The third-order valence-corrected chi connectivity index (χ3v) is 2.52. The van der Waals surface area contributed by atoms with Crippen molar-refractivity contribution in [3.63, 3.8) is 0 Å². The van der Waals surface area contributed by atoms with Gasteiger partial charge in [-0.25, -0.2) is 9.59 Å². The Balaban J connectivity index is 3.39. The van der Waals surface area contributed by atoms with Crippen LogP contribution in [0.15, 0.2) is 29.3 Å². The Morgan fingerprint density at radius 2 is 1.53 bits per heavy atom. The minimum Gasteiger partial charge on any atom is -0.507 e. The highest BCUT2D eigenvalue weighted by Gasteiger charge is 2.09. The highest BCUT2D eigenvalue weighted by Crippen LogP contribution is 2.26. The molecule has 0 aliphatic heterocycles. The molecular weight excluding hydrogens is 248 g/mol. The molecule has 0 saturated heterocycles. The SMILES string of the molecule is C/C(=C\c1cccc(O)c1/C=C(\C)C(=O)O)C(=O)O. The van der Waals surface area contributed by atoms with Gasteiger partial charge in [0.05, 0.1) is 0 Å². The quantitative estimate of drug-likeness (QED) is 0.724. The van der Waals surface area contributed by atoms with Crippen molar-refractivity contribution in [2.45, 2.75) is 13.8 Å². The number of aromatic hydroxyl groups is 1. The Bertz CT molecular complexity index is 581. The molecule has 5 heteroatoms. The molecule has 3 N–H and O–H groups in total. The lowest BCUT2D eigenvalue weighted by molar-refractivity contribution is -0.133. The van der Waals surface area contributed by atoms with E-state index in [4.69, 9.17) is 10.2 Å². The second-order valence-electron chi connectivity index (χ2n) is 4.05. The topological polar surface area (TPSA) is 94.8 Å². The lowest BCUT2D eigenvalue weighted by Crippen LogP contribution is -1.98. The molecule has 0 unspecified atom stereocenters. The summed E-state index contributed by atoms with van der Waals surface area (Å²) in [5, 5.41) is 27.4. The molecule has 0 aliphatic rings. The summed E-state index contributed by atoms with van der Waals surface area (Å²) >= 11 is 0. The molecule has 0 fully saturated rings. The van der Waals surface area contributed by atoms with Gasteiger partial charge in [-0.2, -0.15) is 0 Å². The third-order valence-electron chi connectivity index (χ3n) is 2.52. The smallest absolute Gasteiger partial charge is 0.331 e. The van der Waals surface area contributed by atoms with Gasteiger partial charge in [-0.3, -0.25) is 0 Å². The van der Waals surface area contributed by atoms with E-state index >= 15 is 0 Å². The summed E-state index contributed by atoms with van der Waals surface area (Å²) in [6.45, 7) is 2.82. The normalized spacial score (nSPS) is 12.3. The van der Waals surface area contributed by atoms with Crippen LogP contribution in [0.4, 0.5) is 0 Å². The van der Waals surface area contributed by atoms with Crippen molar-refractivity contribution in [2.24, 2.45) is 0 Å². The molecule has 1 aromatic carbocycles. The maximum absolute atomic E-state index is 10.8. The van der Waals surface area contributed by atoms with E-state index in [0.717, 1.165) is 0 Å². The van der Waals surface area contributed by atoms with Crippen molar-refractivity contribution in [2.75, 3.05) is 0 Å². The average molecular weight is 262 g/mol. The summed E-state index contributed by atoms with van der Waals surface area (Å²) in [6.07, 6.45) is 2.68. The average Bonchev–Trinajstić information content (AvgIpc) is 2.32. The van der Waals surface area contributed by atoms with Crippen LogP contribution in [0.2, 0.25) is 0 Å². The number of rotatable bonds is 4. The summed E-state index contributed by atoms with van der Waals surface area (Å²) < 4.78 is 0. The number of phenolic OH excluding ortho intramolecular Hbond substituents is 1. The van der Waals surface area contributed by atoms with Gasteiger partial charge in [0.25, 0.3) is 0 Å². The van der Waals surface area contributed by atoms with Gasteiger partial charge in [0.1, 0.15) is 5.75 Å². The first-order chi connectivity index (χ1) is 8.82. The fourth-order valence-electron chi connectivity index (χ4n) is 1.43. The summed E-state index contributed by atoms with van der Waals surface area (Å²) in [6, 6.07) is 4.57. The molecule has 100 valence electrons. The number of carboxylic acid groups (broad SMARTS) is 2. The van der Waals surface area contributed by atoms with Crippen molar-refractivity contribution in [1.29, 1.82) is 0 Å². The zero-order chi connectivity index (χ0) is 14.6. The Hall–Kier alpha value is -2.56. The highest BCUT2D eigenvalue weighted by molar-refractivity contribution is 5.95. The molecule has 0 aromatic heterocycles. The summed E-state index contributed by atoms with van der Waals surface area (Å²) in [7, 11) is 0. The molecule has 0 bridgehead atoms. The van der Waals surface area contributed by atoms with Crippen LogP contribution in [0, 0.1) is 0 Å². The first-order valence-electron chi connectivity index (χ1n) is 5.48. The van der Waals surface area contributed by atoms with Gasteiger partial charge >= 0.3 is 11.9 Å². The molecule has 0 atom stereocenters. The predicted octanol–water partition coefficient (Wildman–Crippen LogP) is 2.37. The van der Waals surface area contributed by atoms with Crippen LogP contribution in [0.1, 0.15) is 25.0 Å². The second-order valence-corrected chi connectivity index (χ2v) is 4.05. The fraction of sp³-hybridized carbons (Fsp3) is 0.143. The molecule has 0 aliphatic carbocycles. The Kier molecular flexibility index (Phi) is 4.47. The van der Waals surface area contributed by atoms with E-state index in [1.165, 1.54) is 32.1 Å². The van der Waals surface area contributed by atoms with Gasteiger partial charge in [0.15, 0.2) is 0 Å².